The largest absolute Gasteiger partial charge is 0.295 e. The molecule has 0 aromatic heterocycles. The van der Waals surface area contributed by atoms with E-state index in [4.69, 9.17) is 0 Å². The van der Waals surface area contributed by atoms with Crippen molar-refractivity contribution in [1.82, 2.24) is 0 Å². The van der Waals surface area contributed by atoms with E-state index in [-0.39, 0.29) is 11.6 Å². The molecule has 0 aliphatic heterocycles. The Balaban J connectivity index is 0.000000224. The molecule has 0 saturated carbocycles. The zero-order valence-corrected chi connectivity index (χ0v) is 16.3. The van der Waals surface area contributed by atoms with Crippen LogP contribution >= 0.6 is 0 Å². The Morgan fingerprint density at radius 2 is 0.828 bits per heavy atom. The van der Waals surface area contributed by atoms with Crippen LogP contribution in [0.3, 0.4) is 0 Å². The van der Waals surface area contributed by atoms with Gasteiger partial charge in [0.2, 0.25) is 0 Å². The summed E-state index contributed by atoms with van der Waals surface area (Å²) in [7, 11) is 0. The highest BCUT2D eigenvalue weighted by Gasteiger charge is 2.08. The van der Waals surface area contributed by atoms with Gasteiger partial charge in [0.05, 0.1) is 0 Å². The fraction of sp³-hybridized carbons (Fsp3) is 0.0370. The molecule has 4 aromatic rings. The first kappa shape index (κ1) is 20.0. The lowest BCUT2D eigenvalue weighted by Crippen LogP contribution is -2.00. The molecule has 2 nitrogen and oxygen atoms in total. The van der Waals surface area contributed by atoms with Crippen LogP contribution in [0.4, 0.5) is 0 Å². The van der Waals surface area contributed by atoms with E-state index in [1.54, 1.807) is 6.92 Å². The third kappa shape index (κ3) is 5.60. The SMILES string of the molecule is CC(=O)c1ccccc1.O=C(c1ccccc1)c1ccc(-c2ccccc2)cc1. The summed E-state index contributed by atoms with van der Waals surface area (Å²) in [6, 6.07) is 36.5. The van der Waals surface area contributed by atoms with Gasteiger partial charge in [-0.2, -0.15) is 0 Å². The van der Waals surface area contributed by atoms with Crippen LogP contribution in [0.15, 0.2) is 115 Å². The van der Waals surface area contributed by atoms with E-state index in [0.29, 0.717) is 0 Å². The number of carbonyl (C=O) groups is 2. The second kappa shape index (κ2) is 9.95. The molecule has 0 radical (unpaired) electrons. The van der Waals surface area contributed by atoms with Crippen molar-refractivity contribution in [2.75, 3.05) is 0 Å². The summed E-state index contributed by atoms with van der Waals surface area (Å²) in [6.45, 7) is 1.56. The maximum Gasteiger partial charge on any atom is 0.193 e. The Morgan fingerprint density at radius 1 is 0.448 bits per heavy atom. The zero-order chi connectivity index (χ0) is 20.5. The van der Waals surface area contributed by atoms with Crippen LogP contribution in [0.1, 0.15) is 33.2 Å². The normalized spacial score (nSPS) is 9.83. The molecule has 0 spiro atoms. The van der Waals surface area contributed by atoms with Gasteiger partial charge in [0.1, 0.15) is 0 Å². The molecule has 0 saturated heterocycles. The maximum absolute atomic E-state index is 12.3. The lowest BCUT2D eigenvalue weighted by atomic mass is 9.99. The highest BCUT2D eigenvalue weighted by molar-refractivity contribution is 6.09. The van der Waals surface area contributed by atoms with Crippen molar-refractivity contribution in [2.45, 2.75) is 6.92 Å². The summed E-state index contributed by atoms with van der Waals surface area (Å²) in [5.41, 5.74) is 4.50. The van der Waals surface area contributed by atoms with Crippen molar-refractivity contribution in [1.29, 1.82) is 0 Å². The van der Waals surface area contributed by atoms with Crippen molar-refractivity contribution in [2.24, 2.45) is 0 Å². The minimum absolute atomic E-state index is 0.0604. The van der Waals surface area contributed by atoms with Crippen LogP contribution in [-0.4, -0.2) is 11.6 Å². The Kier molecular flexibility index (Phi) is 6.85. The van der Waals surface area contributed by atoms with E-state index < -0.39 is 0 Å². The first-order valence-corrected chi connectivity index (χ1v) is 9.46. The monoisotopic (exact) mass is 378 g/mol. The van der Waals surface area contributed by atoms with Gasteiger partial charge >= 0.3 is 0 Å². The van der Waals surface area contributed by atoms with Gasteiger partial charge in [-0.25, -0.2) is 0 Å². The molecule has 142 valence electrons. The Bertz CT molecular complexity index is 1050. The summed E-state index contributed by atoms with van der Waals surface area (Å²) in [6.07, 6.45) is 0. The van der Waals surface area contributed by atoms with Crippen molar-refractivity contribution < 1.29 is 9.59 Å². The third-order valence-electron chi connectivity index (χ3n) is 4.47. The molecule has 29 heavy (non-hydrogen) atoms. The van der Waals surface area contributed by atoms with Gasteiger partial charge in [0, 0.05) is 16.7 Å². The first-order valence-electron chi connectivity index (χ1n) is 9.46. The number of Topliss-reactive ketones (excluding diaryl/α,β-unsaturated/α-hetero) is 1. The second-order valence-electron chi connectivity index (χ2n) is 6.56. The number of hydrogen-bond acceptors (Lipinski definition) is 2. The van der Waals surface area contributed by atoms with E-state index in [1.807, 2.05) is 103 Å². The van der Waals surface area contributed by atoms with Gasteiger partial charge in [0.25, 0.3) is 0 Å². The quantitative estimate of drug-likeness (QED) is 0.381. The van der Waals surface area contributed by atoms with Gasteiger partial charge in [-0.3, -0.25) is 9.59 Å². The molecule has 0 fully saturated rings. The molecule has 0 bridgehead atoms. The van der Waals surface area contributed by atoms with Gasteiger partial charge in [-0.1, -0.05) is 115 Å². The van der Waals surface area contributed by atoms with Crippen LogP contribution in [0, 0.1) is 0 Å². The van der Waals surface area contributed by atoms with Gasteiger partial charge < -0.3 is 0 Å². The third-order valence-corrected chi connectivity index (χ3v) is 4.47. The molecule has 0 aliphatic rings. The van der Waals surface area contributed by atoms with Crippen LogP contribution in [0.5, 0.6) is 0 Å². The molecule has 4 rings (SSSR count). The molecule has 2 heteroatoms. The second-order valence-corrected chi connectivity index (χ2v) is 6.56. The number of hydrogen-bond donors (Lipinski definition) is 0. The topological polar surface area (TPSA) is 34.1 Å². The lowest BCUT2D eigenvalue weighted by molar-refractivity contribution is 0.101. The van der Waals surface area contributed by atoms with E-state index >= 15 is 0 Å². The van der Waals surface area contributed by atoms with Crippen molar-refractivity contribution in [3.8, 4) is 11.1 Å². The molecule has 0 atom stereocenters. The van der Waals surface area contributed by atoms with Crippen molar-refractivity contribution in [3.63, 3.8) is 0 Å². The van der Waals surface area contributed by atoms with Gasteiger partial charge in [-0.15, -0.1) is 0 Å². The average Bonchev–Trinajstić information content (AvgIpc) is 2.81. The smallest absolute Gasteiger partial charge is 0.193 e. The van der Waals surface area contributed by atoms with Crippen LogP contribution in [0.2, 0.25) is 0 Å². The molecular formula is C27H22O2. The highest BCUT2D eigenvalue weighted by Crippen LogP contribution is 2.20. The summed E-state index contributed by atoms with van der Waals surface area (Å²) in [5.74, 6) is 0.181. The minimum atomic E-state index is 0.0604. The number of carbonyl (C=O) groups excluding carboxylic acids is 2. The molecule has 0 amide bonds. The Hall–Kier alpha value is -3.78. The lowest BCUT2D eigenvalue weighted by Gasteiger charge is -2.04. The van der Waals surface area contributed by atoms with E-state index in [0.717, 1.165) is 27.8 Å². The molecule has 0 heterocycles. The first-order chi connectivity index (χ1) is 14.1. The Morgan fingerprint density at radius 3 is 1.28 bits per heavy atom. The standard InChI is InChI=1S/C19H14O.C8H8O/c20-19(17-9-5-2-6-10-17)18-13-11-16(12-14-18)15-7-3-1-4-8-15;1-7(9)8-5-3-2-4-6-8/h1-14H;2-6H,1H3. The fourth-order valence-electron chi connectivity index (χ4n) is 2.87. The number of benzene rings is 4. The van der Waals surface area contributed by atoms with Crippen molar-refractivity contribution >= 4 is 11.6 Å². The highest BCUT2D eigenvalue weighted by atomic mass is 16.1. The summed E-state index contributed by atoms with van der Waals surface area (Å²) in [4.78, 5) is 22.9. The van der Waals surface area contributed by atoms with Crippen molar-refractivity contribution in [3.05, 3.63) is 132 Å². The summed E-state index contributed by atoms with van der Waals surface area (Å²) in [5, 5.41) is 0. The molecule has 4 aromatic carbocycles. The molecular weight excluding hydrogens is 356 g/mol. The van der Waals surface area contributed by atoms with E-state index in [9.17, 15) is 9.59 Å². The van der Waals surface area contributed by atoms with Crippen LogP contribution < -0.4 is 0 Å². The number of rotatable bonds is 4. The summed E-state index contributed by atoms with van der Waals surface area (Å²) < 4.78 is 0. The predicted molar refractivity (Wildman–Crippen MR) is 118 cm³/mol. The Labute approximate surface area is 171 Å². The summed E-state index contributed by atoms with van der Waals surface area (Å²) >= 11 is 0. The number of ketones is 2. The molecule has 0 aliphatic carbocycles. The predicted octanol–water partition coefficient (Wildman–Crippen LogP) is 6.47. The maximum atomic E-state index is 12.3. The van der Waals surface area contributed by atoms with Gasteiger partial charge in [0.15, 0.2) is 11.6 Å². The fourth-order valence-corrected chi connectivity index (χ4v) is 2.87. The van der Waals surface area contributed by atoms with Gasteiger partial charge in [-0.05, 0) is 18.1 Å². The zero-order valence-electron chi connectivity index (χ0n) is 16.3. The minimum Gasteiger partial charge on any atom is -0.295 e. The van der Waals surface area contributed by atoms with E-state index in [1.165, 1.54) is 0 Å². The van der Waals surface area contributed by atoms with Crippen LogP contribution in [0.25, 0.3) is 11.1 Å². The van der Waals surface area contributed by atoms with Crippen LogP contribution in [-0.2, 0) is 0 Å². The average molecular weight is 378 g/mol. The van der Waals surface area contributed by atoms with E-state index in [2.05, 4.69) is 12.1 Å². The molecule has 0 N–H and O–H groups in total. The molecule has 0 unspecified atom stereocenters.